The zero-order valence-corrected chi connectivity index (χ0v) is 15.6. The molecule has 4 nitrogen and oxygen atoms in total. The lowest BCUT2D eigenvalue weighted by Gasteiger charge is -2.25. The van der Waals surface area contributed by atoms with Crippen molar-refractivity contribution in [3.63, 3.8) is 0 Å². The minimum atomic E-state index is 0.0333. The fourth-order valence-corrected chi connectivity index (χ4v) is 3.39. The van der Waals surface area contributed by atoms with Gasteiger partial charge in [-0.2, -0.15) is 0 Å². The summed E-state index contributed by atoms with van der Waals surface area (Å²) in [4.78, 5) is 14.7. The second-order valence-corrected chi connectivity index (χ2v) is 6.54. The Labute approximate surface area is 155 Å². The Bertz CT molecular complexity index is 796. The van der Waals surface area contributed by atoms with Crippen LogP contribution in [0.25, 0.3) is 6.08 Å². The fraction of sp³-hybridized carbons (Fsp3) is 0.318. The van der Waals surface area contributed by atoms with Crippen molar-refractivity contribution in [2.45, 2.75) is 25.8 Å². The van der Waals surface area contributed by atoms with E-state index >= 15 is 0 Å². The maximum Gasteiger partial charge on any atom is 0.247 e. The molecule has 2 aromatic carbocycles. The summed E-state index contributed by atoms with van der Waals surface area (Å²) in [5.41, 5.74) is 3.27. The highest BCUT2D eigenvalue weighted by atomic mass is 16.5. The average Bonchev–Trinajstić information content (AvgIpc) is 3.16. The first-order valence-corrected chi connectivity index (χ1v) is 8.89. The van der Waals surface area contributed by atoms with Crippen LogP contribution in [0.4, 0.5) is 0 Å². The standard InChI is InChI=1S/C22H25NO3/c1-16-6-8-17(9-7-16)10-13-22(24)23-14-4-5-20(23)19-12-11-18(25-2)15-21(19)26-3/h6-13,15,20H,4-5,14H2,1-3H3. The molecule has 4 heteroatoms. The van der Waals surface area contributed by atoms with Crippen molar-refractivity contribution < 1.29 is 14.3 Å². The smallest absolute Gasteiger partial charge is 0.247 e. The van der Waals surface area contributed by atoms with Gasteiger partial charge in [-0.1, -0.05) is 29.8 Å². The van der Waals surface area contributed by atoms with Gasteiger partial charge in [-0.15, -0.1) is 0 Å². The first kappa shape index (κ1) is 18.1. The molecule has 1 saturated heterocycles. The normalized spacial score (nSPS) is 16.9. The number of methoxy groups -OCH3 is 2. The molecule has 0 saturated carbocycles. The lowest BCUT2D eigenvalue weighted by atomic mass is 10.0. The number of likely N-dealkylation sites (tertiary alicyclic amines) is 1. The summed E-state index contributed by atoms with van der Waals surface area (Å²) in [6.07, 6.45) is 5.47. The molecule has 0 aliphatic carbocycles. The van der Waals surface area contributed by atoms with Crippen LogP contribution in [0.2, 0.25) is 0 Å². The van der Waals surface area contributed by atoms with Crippen molar-refractivity contribution in [1.82, 2.24) is 4.90 Å². The van der Waals surface area contributed by atoms with E-state index in [2.05, 4.69) is 6.92 Å². The Morgan fingerprint density at radius 1 is 1.12 bits per heavy atom. The van der Waals surface area contributed by atoms with Crippen LogP contribution in [0.15, 0.2) is 48.5 Å². The van der Waals surface area contributed by atoms with Gasteiger partial charge in [-0.3, -0.25) is 4.79 Å². The monoisotopic (exact) mass is 351 g/mol. The van der Waals surface area contributed by atoms with Gasteiger partial charge < -0.3 is 14.4 Å². The second kappa shape index (κ2) is 8.09. The molecular formula is C22H25NO3. The van der Waals surface area contributed by atoms with E-state index in [9.17, 15) is 4.79 Å². The van der Waals surface area contributed by atoms with Gasteiger partial charge in [-0.05, 0) is 43.5 Å². The molecule has 1 heterocycles. The summed E-state index contributed by atoms with van der Waals surface area (Å²) < 4.78 is 10.8. The minimum absolute atomic E-state index is 0.0333. The highest BCUT2D eigenvalue weighted by Gasteiger charge is 2.30. The number of hydrogen-bond acceptors (Lipinski definition) is 3. The van der Waals surface area contributed by atoms with E-state index in [0.29, 0.717) is 0 Å². The predicted octanol–water partition coefficient (Wildman–Crippen LogP) is 4.39. The maximum atomic E-state index is 12.8. The quantitative estimate of drug-likeness (QED) is 0.750. The molecule has 0 spiro atoms. The van der Waals surface area contributed by atoms with Crippen molar-refractivity contribution in [2.75, 3.05) is 20.8 Å². The third-order valence-electron chi connectivity index (χ3n) is 4.83. The predicted molar refractivity (Wildman–Crippen MR) is 103 cm³/mol. The van der Waals surface area contributed by atoms with E-state index < -0.39 is 0 Å². The van der Waals surface area contributed by atoms with Gasteiger partial charge in [0.05, 0.1) is 20.3 Å². The lowest BCUT2D eigenvalue weighted by molar-refractivity contribution is -0.126. The molecule has 2 aromatic rings. The molecule has 1 atom stereocenters. The summed E-state index contributed by atoms with van der Waals surface area (Å²) in [7, 11) is 3.28. The topological polar surface area (TPSA) is 38.8 Å². The molecule has 1 fully saturated rings. The zero-order chi connectivity index (χ0) is 18.5. The number of amides is 1. The summed E-state index contributed by atoms with van der Waals surface area (Å²) in [6.45, 7) is 2.81. The van der Waals surface area contributed by atoms with Gasteiger partial charge in [0.1, 0.15) is 11.5 Å². The summed E-state index contributed by atoms with van der Waals surface area (Å²) in [5.74, 6) is 1.54. The number of carbonyl (C=O) groups excluding carboxylic acids is 1. The molecule has 1 amide bonds. The van der Waals surface area contributed by atoms with Crippen LogP contribution < -0.4 is 9.47 Å². The highest BCUT2D eigenvalue weighted by Crippen LogP contribution is 2.38. The SMILES string of the molecule is COc1ccc(C2CCCN2C(=O)C=Cc2ccc(C)cc2)c(OC)c1. The molecule has 1 unspecified atom stereocenters. The average molecular weight is 351 g/mol. The second-order valence-electron chi connectivity index (χ2n) is 6.54. The van der Waals surface area contributed by atoms with Gasteiger partial charge in [0, 0.05) is 24.3 Å². The highest BCUT2D eigenvalue weighted by molar-refractivity contribution is 5.92. The van der Waals surface area contributed by atoms with Crippen molar-refractivity contribution >= 4 is 12.0 Å². The number of hydrogen-bond donors (Lipinski definition) is 0. The summed E-state index contributed by atoms with van der Waals surface area (Å²) in [5, 5.41) is 0. The lowest BCUT2D eigenvalue weighted by Crippen LogP contribution is -2.29. The van der Waals surface area contributed by atoms with E-state index in [1.807, 2.05) is 53.4 Å². The third kappa shape index (κ3) is 3.90. The van der Waals surface area contributed by atoms with Gasteiger partial charge in [0.15, 0.2) is 0 Å². The van der Waals surface area contributed by atoms with Gasteiger partial charge in [-0.25, -0.2) is 0 Å². The molecule has 0 bridgehead atoms. The first-order chi connectivity index (χ1) is 12.6. The van der Waals surface area contributed by atoms with Crippen molar-refractivity contribution in [2.24, 2.45) is 0 Å². The Balaban J connectivity index is 1.79. The minimum Gasteiger partial charge on any atom is -0.497 e. The molecule has 0 radical (unpaired) electrons. The first-order valence-electron chi connectivity index (χ1n) is 8.89. The van der Waals surface area contributed by atoms with E-state index in [0.717, 1.165) is 42.0 Å². The van der Waals surface area contributed by atoms with Crippen molar-refractivity contribution in [3.05, 3.63) is 65.2 Å². The molecule has 0 aromatic heterocycles. The van der Waals surface area contributed by atoms with E-state index in [-0.39, 0.29) is 11.9 Å². The van der Waals surface area contributed by atoms with Gasteiger partial charge in [0.25, 0.3) is 0 Å². The molecule has 136 valence electrons. The van der Waals surface area contributed by atoms with Crippen LogP contribution in [0.5, 0.6) is 11.5 Å². The molecular weight excluding hydrogens is 326 g/mol. The number of nitrogens with zero attached hydrogens (tertiary/aromatic N) is 1. The molecule has 1 aliphatic rings. The summed E-state index contributed by atoms with van der Waals surface area (Å²) in [6, 6.07) is 14.0. The van der Waals surface area contributed by atoms with Crippen LogP contribution in [0, 0.1) is 6.92 Å². The third-order valence-corrected chi connectivity index (χ3v) is 4.83. The Morgan fingerprint density at radius 2 is 1.88 bits per heavy atom. The van der Waals surface area contributed by atoms with E-state index in [1.165, 1.54) is 5.56 Å². The van der Waals surface area contributed by atoms with E-state index in [4.69, 9.17) is 9.47 Å². The number of aryl methyl sites for hydroxylation is 1. The fourth-order valence-electron chi connectivity index (χ4n) is 3.39. The summed E-state index contributed by atoms with van der Waals surface area (Å²) >= 11 is 0. The zero-order valence-electron chi connectivity index (χ0n) is 15.6. The van der Waals surface area contributed by atoms with Gasteiger partial charge in [0.2, 0.25) is 5.91 Å². The Hall–Kier alpha value is -2.75. The van der Waals surface area contributed by atoms with E-state index in [1.54, 1.807) is 20.3 Å². The number of ether oxygens (including phenoxy) is 2. The molecule has 3 rings (SSSR count). The van der Waals surface area contributed by atoms with Crippen LogP contribution >= 0.6 is 0 Å². The molecule has 26 heavy (non-hydrogen) atoms. The van der Waals surface area contributed by atoms with Crippen molar-refractivity contribution in [1.29, 1.82) is 0 Å². The number of rotatable bonds is 5. The van der Waals surface area contributed by atoms with Gasteiger partial charge >= 0.3 is 0 Å². The van der Waals surface area contributed by atoms with Crippen LogP contribution in [0.3, 0.4) is 0 Å². The van der Waals surface area contributed by atoms with Crippen LogP contribution in [-0.4, -0.2) is 31.6 Å². The molecule has 1 aliphatic heterocycles. The van der Waals surface area contributed by atoms with Crippen LogP contribution in [-0.2, 0) is 4.79 Å². The van der Waals surface area contributed by atoms with Crippen LogP contribution in [0.1, 0.15) is 35.6 Å². The number of carbonyl (C=O) groups is 1. The Morgan fingerprint density at radius 3 is 2.58 bits per heavy atom. The maximum absolute atomic E-state index is 12.8. The Kier molecular flexibility index (Phi) is 5.61. The molecule has 0 N–H and O–H groups in total. The largest absolute Gasteiger partial charge is 0.497 e. The number of benzene rings is 2. The van der Waals surface area contributed by atoms with Crippen molar-refractivity contribution in [3.8, 4) is 11.5 Å².